The van der Waals surface area contributed by atoms with E-state index in [2.05, 4.69) is 261 Å². The molecule has 1 atom stereocenters. The lowest BCUT2D eigenvalue weighted by Crippen LogP contribution is -2.29. The Morgan fingerprint density at radius 1 is 0.731 bits per heavy atom. The molecule has 0 saturated heterocycles. The lowest BCUT2D eigenvalue weighted by molar-refractivity contribution is 0.538. The summed E-state index contributed by atoms with van der Waals surface area (Å²) in [6.45, 7) is 21.5. The number of aryl methyl sites for hydroxylation is 1. The van der Waals surface area contributed by atoms with Gasteiger partial charge in [-0.05, 0) is 146 Å². The molecule has 3 aromatic heterocycles. The van der Waals surface area contributed by atoms with Crippen molar-refractivity contribution in [2.75, 3.05) is 7.05 Å². The lowest BCUT2D eigenvalue weighted by Gasteiger charge is -2.21. The van der Waals surface area contributed by atoms with Gasteiger partial charge < -0.3 is 24.8 Å². The van der Waals surface area contributed by atoms with Crippen LogP contribution in [0.15, 0.2) is 213 Å². The highest BCUT2D eigenvalue weighted by Gasteiger charge is 2.22. The van der Waals surface area contributed by atoms with E-state index in [4.69, 9.17) is 5.73 Å². The number of hydrogen-bond donors (Lipinski definition) is 2. The van der Waals surface area contributed by atoms with Crippen molar-refractivity contribution >= 4 is 83.1 Å². The number of unbranched alkanes of at least 4 members (excludes halogenated alkanes) is 1. The van der Waals surface area contributed by atoms with Gasteiger partial charge in [-0.3, -0.25) is 0 Å². The summed E-state index contributed by atoms with van der Waals surface area (Å²) >= 11 is 0. The molecule has 1 unspecified atom stereocenters. The molecule has 5 heteroatoms. The Morgan fingerprint density at radius 2 is 1.47 bits per heavy atom. The molecule has 0 amide bonds. The van der Waals surface area contributed by atoms with Crippen molar-refractivity contribution in [2.45, 2.75) is 107 Å². The second-order valence-corrected chi connectivity index (χ2v) is 19.5. The summed E-state index contributed by atoms with van der Waals surface area (Å²) in [5.74, 6) is 0. The molecule has 0 saturated carbocycles. The third-order valence-corrected chi connectivity index (χ3v) is 14.9. The summed E-state index contributed by atoms with van der Waals surface area (Å²) in [7, 11) is 2.06. The average Bonchev–Trinajstić information content (AvgIpc) is 4.30. The van der Waals surface area contributed by atoms with Crippen LogP contribution in [0, 0.1) is 0 Å². The minimum atomic E-state index is 0.0480. The molecule has 78 heavy (non-hydrogen) atoms. The van der Waals surface area contributed by atoms with Crippen molar-refractivity contribution in [1.82, 2.24) is 19.0 Å². The number of rotatable bonds is 18. The van der Waals surface area contributed by atoms with Crippen molar-refractivity contribution in [3.05, 3.63) is 235 Å². The number of nitrogens with one attached hydrogen (secondary N) is 1. The van der Waals surface area contributed by atoms with Crippen LogP contribution in [0.1, 0.15) is 110 Å². The molecule has 0 bridgehead atoms. The number of benzene rings is 6. The zero-order chi connectivity index (χ0) is 55.1. The van der Waals surface area contributed by atoms with Crippen molar-refractivity contribution < 1.29 is 0 Å². The summed E-state index contributed by atoms with van der Waals surface area (Å²) in [5, 5.41) is 11.2. The zero-order valence-electron chi connectivity index (χ0n) is 47.8. The minimum Gasteiger partial charge on any atom is -0.398 e. The summed E-state index contributed by atoms with van der Waals surface area (Å²) in [5.41, 5.74) is 24.8. The molecular weight excluding hydrogens is 947 g/mol. The Balaban J connectivity index is 0.00000196. The normalized spacial score (nSPS) is 13.8. The molecule has 1 aliphatic rings. The smallest absolute Gasteiger partial charge is 0.0546 e. The topological polar surface area (TPSA) is 52.8 Å². The van der Waals surface area contributed by atoms with Gasteiger partial charge in [0, 0.05) is 87.0 Å². The number of nitrogens with zero attached hydrogens (tertiary/aromatic N) is 3. The maximum Gasteiger partial charge on any atom is 0.0546 e. The van der Waals surface area contributed by atoms with Gasteiger partial charge in [-0.25, -0.2) is 0 Å². The van der Waals surface area contributed by atoms with Gasteiger partial charge in [0.25, 0.3) is 0 Å². The summed E-state index contributed by atoms with van der Waals surface area (Å²) in [6.07, 6.45) is 34.5. The second kappa shape index (κ2) is 26.8. The Kier molecular flexibility index (Phi) is 19.3. The minimum absolute atomic E-state index is 0.0480. The molecule has 398 valence electrons. The maximum absolute atomic E-state index is 7.16. The van der Waals surface area contributed by atoms with Gasteiger partial charge in [-0.15, -0.1) is 6.58 Å². The van der Waals surface area contributed by atoms with Crippen molar-refractivity contribution in [3.63, 3.8) is 0 Å². The number of fused-ring (bicyclic) bond motifs is 8. The fraction of sp³-hybridized carbons (Fsp3) is 0.233. The average molecular weight is 1030 g/mol. The largest absolute Gasteiger partial charge is 0.398 e. The number of likely N-dealkylation sites (N-methyl/N-ethyl adjacent to an activating group) is 1. The van der Waals surface area contributed by atoms with Gasteiger partial charge >= 0.3 is 0 Å². The van der Waals surface area contributed by atoms with Crippen LogP contribution in [0.25, 0.3) is 94.3 Å². The van der Waals surface area contributed by atoms with Gasteiger partial charge in [-0.2, -0.15) is 0 Å². The number of aromatic nitrogens is 3. The Morgan fingerprint density at radius 3 is 2.22 bits per heavy atom. The van der Waals surface area contributed by atoms with Gasteiger partial charge in [0.15, 0.2) is 0 Å². The van der Waals surface area contributed by atoms with E-state index in [0.29, 0.717) is 0 Å². The van der Waals surface area contributed by atoms with Crippen LogP contribution >= 0.6 is 0 Å². The van der Waals surface area contributed by atoms with Crippen LogP contribution in [0.3, 0.4) is 0 Å². The molecule has 10 rings (SSSR count). The molecule has 0 fully saturated rings. The molecule has 3 N–H and O–H groups in total. The van der Waals surface area contributed by atoms with Crippen LogP contribution in [0.2, 0.25) is 0 Å². The van der Waals surface area contributed by atoms with Crippen LogP contribution < -0.4 is 11.1 Å². The highest BCUT2D eigenvalue weighted by Crippen LogP contribution is 2.40. The number of hydrogen-bond acceptors (Lipinski definition) is 2. The Hall–Kier alpha value is -8.12. The molecule has 0 spiro atoms. The van der Waals surface area contributed by atoms with E-state index in [1.807, 2.05) is 33.8 Å². The number of nitrogens with two attached hydrogens (primary N) is 1. The van der Waals surface area contributed by atoms with Crippen molar-refractivity contribution in [2.24, 2.45) is 5.73 Å². The van der Waals surface area contributed by atoms with Gasteiger partial charge in [0.1, 0.15) is 0 Å². The molecular formula is C73H81N5. The van der Waals surface area contributed by atoms with Crippen LogP contribution in [-0.2, 0) is 13.0 Å². The molecule has 9 aromatic rings. The summed E-state index contributed by atoms with van der Waals surface area (Å²) < 4.78 is 7.36. The van der Waals surface area contributed by atoms with Crippen LogP contribution in [-0.4, -0.2) is 26.8 Å². The third-order valence-electron chi connectivity index (χ3n) is 14.9. The highest BCUT2D eigenvalue weighted by atomic mass is 15.0. The van der Waals surface area contributed by atoms with E-state index >= 15 is 0 Å². The zero-order valence-corrected chi connectivity index (χ0v) is 47.8. The van der Waals surface area contributed by atoms with E-state index in [9.17, 15) is 0 Å². The molecule has 6 aromatic carbocycles. The van der Waals surface area contributed by atoms with Crippen LogP contribution in [0.5, 0.6) is 0 Å². The van der Waals surface area contributed by atoms with E-state index in [-0.39, 0.29) is 6.04 Å². The Labute approximate surface area is 465 Å². The first-order valence-corrected chi connectivity index (χ1v) is 28.6. The van der Waals surface area contributed by atoms with Crippen LogP contribution in [0.4, 0.5) is 0 Å². The molecule has 0 aliphatic heterocycles. The first-order chi connectivity index (χ1) is 38.4. The van der Waals surface area contributed by atoms with E-state index in [1.165, 1.54) is 99.3 Å². The first kappa shape index (κ1) is 56.1. The maximum atomic E-state index is 7.16. The highest BCUT2D eigenvalue weighted by molar-refractivity contribution is 6.14. The predicted molar refractivity (Wildman–Crippen MR) is 346 cm³/mol. The van der Waals surface area contributed by atoms with Crippen molar-refractivity contribution in [1.29, 1.82) is 0 Å². The van der Waals surface area contributed by atoms with Crippen molar-refractivity contribution in [3.8, 4) is 11.1 Å². The van der Waals surface area contributed by atoms with Gasteiger partial charge in [0.05, 0.1) is 16.6 Å². The van der Waals surface area contributed by atoms with E-state index in [0.717, 1.165) is 61.9 Å². The molecule has 3 heterocycles. The van der Waals surface area contributed by atoms with E-state index in [1.54, 1.807) is 0 Å². The lowest BCUT2D eigenvalue weighted by atomic mass is 9.94. The second-order valence-electron chi connectivity index (χ2n) is 19.5. The SMILES string of the molecule is C=CC/C(=C\C=C/C)n1ccc2cc3c4cc(C5=Cc6c(n(/C(C=CCCC)=C/C)c7ccccc67)CC=C5)ccc4n(CCCC(NC)C(/C=C\C)=C(\N)c4ccc(-c5cccc6ccccc56)cc4)c3cc21.CC.CC. The fourth-order valence-electron chi connectivity index (χ4n) is 11.3. The Bertz CT molecular complexity index is 3800. The number of para-hydroxylation sites is 1. The monoisotopic (exact) mass is 1030 g/mol. The van der Waals surface area contributed by atoms with Gasteiger partial charge in [0.2, 0.25) is 0 Å². The van der Waals surface area contributed by atoms with Gasteiger partial charge in [-0.1, -0.05) is 187 Å². The quantitative estimate of drug-likeness (QED) is 0.0665. The summed E-state index contributed by atoms with van der Waals surface area (Å²) in [4.78, 5) is 0. The van der Waals surface area contributed by atoms with E-state index < -0.39 is 0 Å². The molecule has 5 nitrogen and oxygen atoms in total. The fourth-order valence-corrected chi connectivity index (χ4v) is 11.3. The first-order valence-electron chi connectivity index (χ1n) is 28.6. The predicted octanol–water partition coefficient (Wildman–Crippen LogP) is 19.8. The molecule has 0 radical (unpaired) electrons. The number of allylic oxidation sites excluding steroid dienone is 13. The third kappa shape index (κ3) is 11.4. The molecule has 1 aliphatic carbocycles. The summed E-state index contributed by atoms with van der Waals surface area (Å²) in [6, 6.07) is 47.0. The standard InChI is InChI=1S/C69H69N5.2C2H6/c1-7-12-14-28-54(11-5)74-65-33-18-17-30-58(65)60-44-51(26-20-34-66(60)74)52-39-40-64-61(45-52)62-46-53-41-43-72(55(22-9-3)27-13-8-2)67(53)47-68(62)73(64)42-21-32-63(71-6)59(23-10-4)69(70)50-37-35-49(36-38-50)57-31-19-25-48-24-15-16-29-56(48)57;2*1-2/h8-11,13-20,23-31,33,35-41,43-47,63,71H,3,7,12,21-22,32,34,42,70H2,1-2,4-6H3;2*1-2H3/b13-8-,23-10-,28-14?,54-11+,55-27+,69-59-;;.